The number of amides is 6. The zero-order valence-corrected chi connectivity index (χ0v) is 28.0. The second-order valence-electron chi connectivity index (χ2n) is 11.0. The number of unbranched alkanes of at least 4 members (excludes halogenated alkanes) is 2. The molecule has 18 heteroatoms. The minimum atomic E-state index is -1.03. The number of ether oxygens (including phenoxy) is 2. The Hall–Kier alpha value is -6.33. The third-order valence-electron chi connectivity index (χ3n) is 6.98. The second kappa shape index (κ2) is 22.3. The lowest BCUT2D eigenvalue weighted by molar-refractivity contribution is -0.384. The third-order valence-corrected chi connectivity index (χ3v) is 6.98. The molecular weight excluding hydrogens is 670 g/mol. The number of hydrogen-bond acceptors (Lipinski definition) is 11. The summed E-state index contributed by atoms with van der Waals surface area (Å²) in [5, 5.41) is 20.9. The van der Waals surface area contributed by atoms with Crippen molar-refractivity contribution in [1.29, 1.82) is 0 Å². The van der Waals surface area contributed by atoms with Gasteiger partial charge in [-0.3, -0.25) is 34.1 Å². The highest BCUT2D eigenvalue weighted by molar-refractivity contribution is 5.97. The Balaban J connectivity index is 1.81. The van der Waals surface area contributed by atoms with Crippen molar-refractivity contribution in [2.45, 2.75) is 51.2 Å². The molecular formula is C33H41N7O11. The van der Waals surface area contributed by atoms with E-state index >= 15 is 0 Å². The van der Waals surface area contributed by atoms with Crippen LogP contribution in [0.15, 0.2) is 60.7 Å². The van der Waals surface area contributed by atoms with Crippen LogP contribution in [0.3, 0.4) is 0 Å². The van der Waals surface area contributed by atoms with Crippen LogP contribution in [0.4, 0.5) is 21.0 Å². The van der Waals surface area contributed by atoms with Gasteiger partial charge in [0.25, 0.3) is 5.69 Å². The van der Waals surface area contributed by atoms with Crippen LogP contribution < -0.4 is 31.7 Å². The van der Waals surface area contributed by atoms with Crippen LogP contribution >= 0.6 is 0 Å². The van der Waals surface area contributed by atoms with Gasteiger partial charge in [0.15, 0.2) is 0 Å². The Morgan fingerprint density at radius 1 is 0.941 bits per heavy atom. The van der Waals surface area contributed by atoms with Crippen molar-refractivity contribution < 1.29 is 48.0 Å². The van der Waals surface area contributed by atoms with Crippen molar-refractivity contribution in [1.82, 2.24) is 20.9 Å². The largest absolute Gasteiger partial charge is 0.514 e. The first-order valence-corrected chi connectivity index (χ1v) is 15.8. The molecule has 0 aromatic heterocycles. The number of carbonyl (C=O) groups is 7. The molecule has 0 heterocycles. The topological polar surface area (TPSA) is 258 Å². The first-order valence-electron chi connectivity index (χ1n) is 15.8. The van der Waals surface area contributed by atoms with Gasteiger partial charge in [-0.25, -0.2) is 9.59 Å². The van der Waals surface area contributed by atoms with Crippen molar-refractivity contribution in [3.63, 3.8) is 0 Å². The van der Waals surface area contributed by atoms with Gasteiger partial charge >= 0.3 is 12.2 Å². The number of benzene rings is 2. The fraction of sp³-hybridized carbons (Fsp3) is 0.364. The number of non-ortho nitro benzene ring substituents is 1. The molecule has 2 aromatic rings. The molecule has 0 saturated heterocycles. The molecule has 0 aliphatic carbocycles. The lowest BCUT2D eigenvalue weighted by Crippen LogP contribution is -2.47. The van der Waals surface area contributed by atoms with E-state index in [-0.39, 0.29) is 55.8 Å². The highest BCUT2D eigenvalue weighted by Crippen LogP contribution is 2.18. The molecule has 2 aromatic carbocycles. The van der Waals surface area contributed by atoms with Crippen LogP contribution in [0.5, 0.6) is 5.75 Å². The molecule has 6 N–H and O–H groups in total. The van der Waals surface area contributed by atoms with Crippen LogP contribution in [0, 0.1) is 10.1 Å². The second-order valence-corrected chi connectivity index (χ2v) is 11.0. The smallest absolute Gasteiger partial charge is 0.429 e. The predicted octanol–water partition coefficient (Wildman–Crippen LogP) is 2.07. The fourth-order valence-electron chi connectivity index (χ4n) is 4.29. The standard InChI is InChI=1S/C33H41N7O11/c1-39(30(44)9-6-20-41)19-4-2-3-8-28(42)36-21-29(43)38-27(7-5-18-35-32(34)46)31(45)37-24-12-10-23(11-13-24)22-50-33(47)51-26-16-14-25(15-17-26)40(48)49/h6,9-17,20,27H,2-5,7-8,18-19,21-22H2,1H3,(H,36,42)(H,37,45)(H,38,43)(H3,34,35,46)/b9-6-. The van der Waals surface area contributed by atoms with E-state index in [0.29, 0.717) is 49.8 Å². The summed E-state index contributed by atoms with van der Waals surface area (Å²) < 4.78 is 10.1. The summed E-state index contributed by atoms with van der Waals surface area (Å²) in [6.45, 7) is 0.0698. The van der Waals surface area contributed by atoms with Gasteiger partial charge in [0.05, 0.1) is 11.5 Å². The number of urea groups is 1. The van der Waals surface area contributed by atoms with E-state index in [2.05, 4.69) is 21.3 Å². The Bertz CT molecular complexity index is 1550. The quantitative estimate of drug-likeness (QED) is 0.0238. The van der Waals surface area contributed by atoms with Crippen molar-refractivity contribution in [3.05, 3.63) is 76.4 Å². The molecule has 0 spiro atoms. The van der Waals surface area contributed by atoms with E-state index in [0.717, 1.165) is 6.08 Å². The average molecular weight is 712 g/mol. The van der Waals surface area contributed by atoms with E-state index in [9.17, 15) is 43.7 Å². The zero-order valence-electron chi connectivity index (χ0n) is 28.0. The molecule has 51 heavy (non-hydrogen) atoms. The van der Waals surface area contributed by atoms with Crippen molar-refractivity contribution in [3.8, 4) is 5.75 Å². The summed E-state index contributed by atoms with van der Waals surface area (Å²) in [4.78, 5) is 94.7. The minimum Gasteiger partial charge on any atom is -0.429 e. The molecule has 1 atom stereocenters. The predicted molar refractivity (Wildman–Crippen MR) is 182 cm³/mol. The monoisotopic (exact) mass is 711 g/mol. The number of nitrogens with one attached hydrogen (secondary N) is 4. The molecule has 0 bridgehead atoms. The minimum absolute atomic E-state index is 0.0618. The number of nitrogens with two attached hydrogens (primary N) is 1. The summed E-state index contributed by atoms with van der Waals surface area (Å²) in [5.41, 5.74) is 5.85. The lowest BCUT2D eigenvalue weighted by atomic mass is 10.1. The maximum Gasteiger partial charge on any atom is 0.514 e. The molecule has 0 aliphatic rings. The number of primary amides is 1. The third kappa shape index (κ3) is 17.1. The van der Waals surface area contributed by atoms with Gasteiger partial charge in [-0.1, -0.05) is 18.6 Å². The number of carbonyl (C=O) groups excluding carboxylic acids is 7. The lowest BCUT2D eigenvalue weighted by Gasteiger charge is -2.19. The van der Waals surface area contributed by atoms with Crippen LogP contribution in [0.1, 0.15) is 44.1 Å². The average Bonchev–Trinajstić information content (AvgIpc) is 3.10. The number of hydrogen-bond donors (Lipinski definition) is 5. The molecule has 1 unspecified atom stereocenters. The van der Waals surface area contributed by atoms with E-state index in [1.807, 2.05) is 0 Å². The Morgan fingerprint density at radius 3 is 2.29 bits per heavy atom. The van der Waals surface area contributed by atoms with Gasteiger partial charge in [0.1, 0.15) is 24.7 Å². The number of aldehydes is 1. The first-order chi connectivity index (χ1) is 24.4. The van der Waals surface area contributed by atoms with Gasteiger partial charge < -0.3 is 41.4 Å². The summed E-state index contributed by atoms with van der Waals surface area (Å²) in [5.74, 6) is -1.77. The highest BCUT2D eigenvalue weighted by atomic mass is 16.7. The fourth-order valence-corrected chi connectivity index (χ4v) is 4.29. The molecule has 274 valence electrons. The highest BCUT2D eigenvalue weighted by Gasteiger charge is 2.21. The maximum absolute atomic E-state index is 13.1. The van der Waals surface area contributed by atoms with Gasteiger partial charge in [-0.15, -0.1) is 0 Å². The first kappa shape index (κ1) is 40.8. The number of anilines is 1. The molecule has 2 rings (SSSR count). The SMILES string of the molecule is CN(CCCCCC(=O)NCC(=O)NC(CCCNC(N)=O)C(=O)Nc1ccc(COC(=O)Oc2ccc([N+](=O)[O-])cc2)cc1)C(=O)/C=C\C=O. The Kier molecular flexibility index (Phi) is 17.9. The Labute approximate surface area is 293 Å². The molecule has 0 fully saturated rings. The number of likely N-dealkylation sites (N-methyl/N-ethyl adjacent to an activating group) is 1. The molecule has 0 saturated carbocycles. The maximum atomic E-state index is 13.1. The van der Waals surface area contributed by atoms with E-state index in [1.54, 1.807) is 31.3 Å². The number of nitro groups is 1. The number of nitro benzene ring substituents is 1. The van der Waals surface area contributed by atoms with Crippen LogP contribution in [-0.2, 0) is 35.3 Å². The summed E-state index contributed by atoms with van der Waals surface area (Å²) in [6, 6.07) is 9.38. The van der Waals surface area contributed by atoms with Gasteiger partial charge in [0, 0.05) is 50.5 Å². The van der Waals surface area contributed by atoms with E-state index in [1.165, 1.54) is 35.2 Å². The molecule has 6 amide bonds. The van der Waals surface area contributed by atoms with Crippen LogP contribution in [0.25, 0.3) is 0 Å². The zero-order chi connectivity index (χ0) is 37.6. The number of rotatable bonds is 21. The number of nitrogens with zero attached hydrogens (tertiary/aromatic N) is 2. The molecule has 18 nitrogen and oxygen atoms in total. The normalized spacial score (nSPS) is 11.1. The summed E-state index contributed by atoms with van der Waals surface area (Å²) >= 11 is 0. The summed E-state index contributed by atoms with van der Waals surface area (Å²) in [6.07, 6.45) is 4.19. The number of allylic oxidation sites excluding steroid dienone is 1. The van der Waals surface area contributed by atoms with Gasteiger partial charge in [-0.05, 0) is 61.6 Å². The van der Waals surface area contributed by atoms with Crippen LogP contribution in [0.2, 0.25) is 0 Å². The molecule has 0 aliphatic heterocycles. The van der Waals surface area contributed by atoms with Crippen LogP contribution in [-0.4, -0.2) is 84.6 Å². The van der Waals surface area contributed by atoms with Crippen molar-refractivity contribution >= 4 is 53.5 Å². The Morgan fingerprint density at radius 2 is 1.65 bits per heavy atom. The van der Waals surface area contributed by atoms with E-state index < -0.39 is 35.0 Å². The summed E-state index contributed by atoms with van der Waals surface area (Å²) in [7, 11) is 1.61. The van der Waals surface area contributed by atoms with Crippen molar-refractivity contribution in [2.24, 2.45) is 5.73 Å². The molecule has 0 radical (unpaired) electrons. The van der Waals surface area contributed by atoms with Gasteiger partial charge in [0.2, 0.25) is 23.6 Å². The van der Waals surface area contributed by atoms with Gasteiger partial charge in [-0.2, -0.15) is 0 Å². The van der Waals surface area contributed by atoms with E-state index in [4.69, 9.17) is 15.2 Å². The van der Waals surface area contributed by atoms with Crippen molar-refractivity contribution in [2.75, 3.05) is 32.0 Å².